The Bertz CT molecular complexity index is 945. The number of amides is 2. The fraction of sp³-hybridized carbons (Fsp3) is 0.158. The van der Waals surface area contributed by atoms with E-state index in [0.29, 0.717) is 15.2 Å². The Labute approximate surface area is 176 Å². The number of rotatable bonds is 3. The maximum Gasteiger partial charge on any atom is 0.246 e. The minimum atomic E-state index is -0.405. The number of benzene rings is 2. The summed E-state index contributed by atoms with van der Waals surface area (Å²) in [5.74, 6) is -0.565. The van der Waals surface area contributed by atoms with Gasteiger partial charge in [0.15, 0.2) is 0 Å². The lowest BCUT2D eigenvalue weighted by atomic mass is 10.2. The van der Waals surface area contributed by atoms with Gasteiger partial charge < -0.3 is 0 Å². The van der Waals surface area contributed by atoms with Crippen LogP contribution in [0.5, 0.6) is 0 Å². The van der Waals surface area contributed by atoms with Crippen LogP contribution in [-0.2, 0) is 9.59 Å². The van der Waals surface area contributed by atoms with E-state index in [1.807, 2.05) is 12.1 Å². The van der Waals surface area contributed by atoms with Gasteiger partial charge >= 0.3 is 0 Å². The zero-order valence-corrected chi connectivity index (χ0v) is 17.4. The number of hydrogen-bond donors (Lipinski definition) is 0. The Balaban J connectivity index is 1.87. The van der Waals surface area contributed by atoms with Crippen LogP contribution in [0.4, 0.5) is 0 Å². The van der Waals surface area contributed by atoms with Crippen molar-refractivity contribution in [2.75, 3.05) is 0 Å². The van der Waals surface area contributed by atoms with E-state index in [-0.39, 0.29) is 11.8 Å². The van der Waals surface area contributed by atoms with Gasteiger partial charge in [0, 0.05) is 23.9 Å². The van der Waals surface area contributed by atoms with E-state index in [1.165, 1.54) is 41.8 Å². The molecule has 2 amide bonds. The van der Waals surface area contributed by atoms with Crippen LogP contribution in [0.25, 0.3) is 0 Å². The van der Waals surface area contributed by atoms with Gasteiger partial charge in [0.1, 0.15) is 5.37 Å². The smallest absolute Gasteiger partial charge is 0.246 e. The number of amidine groups is 1. The summed E-state index contributed by atoms with van der Waals surface area (Å²) in [5.41, 5.74) is 1.62. The van der Waals surface area contributed by atoms with Gasteiger partial charge in [0.25, 0.3) is 0 Å². The molecule has 0 N–H and O–H groups in total. The van der Waals surface area contributed by atoms with E-state index in [9.17, 15) is 9.59 Å². The first-order valence-corrected chi connectivity index (χ1v) is 9.89. The Morgan fingerprint density at radius 2 is 1.64 bits per heavy atom. The van der Waals surface area contributed by atoms with E-state index < -0.39 is 5.37 Å². The average molecular weight is 435 g/mol. The zero-order chi connectivity index (χ0) is 20.3. The standard InChI is InChI=1S/C19H16Cl2N4O2S/c1-12(26)24-18(15-5-9-17(21)10-6-15)28-19(23-24)25(13(2)27)22-11-14-3-7-16(20)8-4-14/h3-11,18H,1-2H3/b22-11-/t18-/m0/s1. The van der Waals surface area contributed by atoms with Gasteiger partial charge in [0.05, 0.1) is 6.21 Å². The molecule has 1 atom stereocenters. The predicted octanol–water partition coefficient (Wildman–Crippen LogP) is 4.74. The first-order chi connectivity index (χ1) is 13.3. The molecule has 0 unspecified atom stereocenters. The number of carbonyl (C=O) groups excluding carboxylic acids is 2. The van der Waals surface area contributed by atoms with Gasteiger partial charge in [-0.15, -0.1) is 5.10 Å². The quantitative estimate of drug-likeness (QED) is 0.517. The summed E-state index contributed by atoms with van der Waals surface area (Å²) in [4.78, 5) is 24.2. The fourth-order valence-corrected chi connectivity index (χ4v) is 3.87. The first-order valence-electron chi connectivity index (χ1n) is 8.26. The van der Waals surface area contributed by atoms with Gasteiger partial charge in [-0.1, -0.05) is 59.2 Å². The van der Waals surface area contributed by atoms with Crippen LogP contribution in [0.15, 0.2) is 58.7 Å². The molecule has 1 aliphatic heterocycles. The third kappa shape index (κ3) is 4.73. The van der Waals surface area contributed by atoms with E-state index in [2.05, 4.69) is 10.2 Å². The summed E-state index contributed by atoms with van der Waals surface area (Å²) in [6.45, 7) is 2.81. The summed E-state index contributed by atoms with van der Waals surface area (Å²) in [6.07, 6.45) is 1.54. The first kappa shape index (κ1) is 20.4. The van der Waals surface area contributed by atoms with Crippen LogP contribution < -0.4 is 0 Å². The topological polar surface area (TPSA) is 65.3 Å². The predicted molar refractivity (Wildman–Crippen MR) is 113 cm³/mol. The molecule has 28 heavy (non-hydrogen) atoms. The lowest BCUT2D eigenvalue weighted by Crippen LogP contribution is -2.27. The number of hydrogen-bond acceptors (Lipinski definition) is 5. The van der Waals surface area contributed by atoms with E-state index in [1.54, 1.807) is 36.4 Å². The number of nitrogens with zero attached hydrogens (tertiary/aromatic N) is 4. The number of hydrazone groups is 2. The highest BCUT2D eigenvalue weighted by Gasteiger charge is 2.35. The second kappa shape index (κ2) is 8.77. The molecule has 0 aromatic heterocycles. The van der Waals surface area contributed by atoms with Crippen LogP contribution in [0, 0.1) is 0 Å². The van der Waals surface area contributed by atoms with Gasteiger partial charge in [-0.25, -0.2) is 5.01 Å². The second-order valence-corrected chi connectivity index (χ2v) is 7.82. The highest BCUT2D eigenvalue weighted by Crippen LogP contribution is 2.40. The lowest BCUT2D eigenvalue weighted by Gasteiger charge is -2.19. The Kier molecular flexibility index (Phi) is 6.39. The van der Waals surface area contributed by atoms with Crippen LogP contribution in [0.2, 0.25) is 10.0 Å². The van der Waals surface area contributed by atoms with Gasteiger partial charge in [-0.2, -0.15) is 10.1 Å². The molecule has 9 heteroatoms. The van der Waals surface area contributed by atoms with Crippen LogP contribution >= 0.6 is 35.0 Å². The Morgan fingerprint density at radius 3 is 2.18 bits per heavy atom. The minimum Gasteiger partial charge on any atom is -0.273 e. The molecule has 0 saturated heterocycles. The normalized spacial score (nSPS) is 16.4. The number of halogens is 2. The molecule has 0 fully saturated rings. The molecule has 144 valence electrons. The van der Waals surface area contributed by atoms with Crippen LogP contribution in [0.3, 0.4) is 0 Å². The van der Waals surface area contributed by atoms with Crippen molar-refractivity contribution in [2.24, 2.45) is 10.2 Å². The third-order valence-electron chi connectivity index (χ3n) is 3.78. The van der Waals surface area contributed by atoms with Crippen molar-refractivity contribution < 1.29 is 9.59 Å². The summed E-state index contributed by atoms with van der Waals surface area (Å²) in [6, 6.07) is 14.2. The summed E-state index contributed by atoms with van der Waals surface area (Å²) in [7, 11) is 0. The molecule has 2 aromatic carbocycles. The number of carbonyl (C=O) groups is 2. The van der Waals surface area contributed by atoms with Gasteiger partial charge in [-0.05, 0) is 35.4 Å². The van der Waals surface area contributed by atoms with Crippen molar-refractivity contribution in [3.8, 4) is 0 Å². The highest BCUT2D eigenvalue weighted by molar-refractivity contribution is 8.14. The Morgan fingerprint density at radius 1 is 1.07 bits per heavy atom. The van der Waals surface area contributed by atoms with Crippen molar-refractivity contribution in [3.05, 3.63) is 69.7 Å². The summed E-state index contributed by atoms with van der Waals surface area (Å²) >= 11 is 13.1. The molecule has 0 spiro atoms. The molecule has 0 aliphatic carbocycles. The summed E-state index contributed by atoms with van der Waals surface area (Å²) < 4.78 is 0. The number of thioether (sulfide) groups is 1. The van der Waals surface area contributed by atoms with Gasteiger partial charge in [0.2, 0.25) is 17.0 Å². The van der Waals surface area contributed by atoms with Gasteiger partial charge in [-0.3, -0.25) is 9.59 Å². The fourth-order valence-electron chi connectivity index (χ4n) is 2.42. The van der Waals surface area contributed by atoms with Crippen LogP contribution in [0.1, 0.15) is 30.3 Å². The van der Waals surface area contributed by atoms with E-state index >= 15 is 0 Å². The maximum absolute atomic E-state index is 12.1. The highest BCUT2D eigenvalue weighted by atomic mass is 35.5. The van der Waals surface area contributed by atoms with Crippen LogP contribution in [-0.4, -0.2) is 33.2 Å². The monoisotopic (exact) mass is 434 g/mol. The van der Waals surface area contributed by atoms with Crippen molar-refractivity contribution in [3.63, 3.8) is 0 Å². The molecular weight excluding hydrogens is 419 g/mol. The van der Waals surface area contributed by atoms with Crippen molar-refractivity contribution in [1.82, 2.24) is 10.0 Å². The molecular formula is C19H16Cl2N4O2S. The molecule has 3 rings (SSSR count). The van der Waals surface area contributed by atoms with E-state index in [0.717, 1.165) is 11.1 Å². The molecule has 0 bridgehead atoms. The minimum absolute atomic E-state index is 0.243. The third-order valence-corrected chi connectivity index (χ3v) is 5.45. The molecule has 1 aliphatic rings. The molecule has 0 saturated carbocycles. The zero-order valence-electron chi connectivity index (χ0n) is 15.0. The molecule has 2 aromatic rings. The van der Waals surface area contributed by atoms with Crippen molar-refractivity contribution in [1.29, 1.82) is 0 Å². The van der Waals surface area contributed by atoms with Crippen molar-refractivity contribution in [2.45, 2.75) is 19.2 Å². The van der Waals surface area contributed by atoms with Crippen molar-refractivity contribution >= 4 is 58.2 Å². The molecule has 0 radical (unpaired) electrons. The molecule has 1 heterocycles. The lowest BCUT2D eigenvalue weighted by molar-refractivity contribution is -0.130. The van der Waals surface area contributed by atoms with E-state index in [4.69, 9.17) is 23.2 Å². The Hall–Kier alpha value is -2.35. The second-order valence-electron chi connectivity index (χ2n) is 5.89. The SMILES string of the molecule is CC(=O)N(/N=C\c1ccc(Cl)cc1)C1=NN(C(C)=O)[C@H](c2ccc(Cl)cc2)S1. The largest absolute Gasteiger partial charge is 0.273 e. The maximum atomic E-state index is 12.1. The summed E-state index contributed by atoms with van der Waals surface area (Å²) in [5, 5.41) is 12.2. The average Bonchev–Trinajstić information content (AvgIpc) is 3.09. The molecule has 6 nitrogen and oxygen atoms in total.